The Labute approximate surface area is 162 Å². The topological polar surface area (TPSA) is 61.8 Å². The second-order valence-corrected chi connectivity index (χ2v) is 7.77. The van der Waals surface area contributed by atoms with Crippen molar-refractivity contribution in [3.05, 3.63) is 35.9 Å². The molecule has 0 saturated heterocycles. The molecule has 0 aromatic heterocycles. The maximum atomic E-state index is 14.1. The lowest BCUT2D eigenvalue weighted by Crippen LogP contribution is -2.64. The largest absolute Gasteiger partial charge is 0.442 e. The summed E-state index contributed by atoms with van der Waals surface area (Å²) in [5, 5.41) is 1.92. The van der Waals surface area contributed by atoms with Crippen LogP contribution in [0.15, 0.2) is 35.3 Å². The van der Waals surface area contributed by atoms with E-state index in [1.165, 1.54) is 0 Å². The molecule has 152 valence electrons. The number of benzene rings is 1. The second kappa shape index (κ2) is 7.56. The summed E-state index contributed by atoms with van der Waals surface area (Å²) < 4.78 is 42.4. The lowest BCUT2D eigenvalue weighted by molar-refractivity contribution is -0.200. The summed E-state index contributed by atoms with van der Waals surface area (Å²) in [4.78, 5) is 30.4. The van der Waals surface area contributed by atoms with Gasteiger partial charge in [-0.15, -0.1) is 0 Å². The maximum Gasteiger partial charge on any atom is 0.442 e. The fourth-order valence-corrected chi connectivity index (χ4v) is 3.78. The number of halogens is 3. The van der Waals surface area contributed by atoms with Gasteiger partial charge in [0.1, 0.15) is 5.84 Å². The monoisotopic (exact) mass is 395 g/mol. The van der Waals surface area contributed by atoms with Crippen molar-refractivity contribution in [3.63, 3.8) is 0 Å². The van der Waals surface area contributed by atoms with E-state index in [4.69, 9.17) is 0 Å². The normalized spacial score (nSPS) is 23.4. The number of nitrogens with one attached hydrogen (secondary N) is 1. The number of alkyl halides is 3. The quantitative estimate of drug-likeness (QED) is 0.828. The minimum Gasteiger partial charge on any atom is -0.316 e. The number of aliphatic imine (C=N–C) groups is 1. The zero-order chi connectivity index (χ0) is 20.5. The Hall–Kier alpha value is -2.38. The second-order valence-electron chi connectivity index (χ2n) is 7.77. The van der Waals surface area contributed by atoms with Gasteiger partial charge in [-0.2, -0.15) is 13.2 Å². The van der Waals surface area contributed by atoms with Gasteiger partial charge in [0.05, 0.1) is 0 Å². The van der Waals surface area contributed by atoms with E-state index in [0.717, 1.165) is 17.7 Å². The molecule has 0 unspecified atom stereocenters. The minimum atomic E-state index is -5.05. The van der Waals surface area contributed by atoms with Crippen LogP contribution in [0, 0.1) is 5.92 Å². The Kier molecular flexibility index (Phi) is 5.50. The number of hydrogen-bond acceptors (Lipinski definition) is 3. The Bertz CT molecular complexity index is 771. The Morgan fingerprint density at radius 2 is 1.86 bits per heavy atom. The maximum absolute atomic E-state index is 14.1. The van der Waals surface area contributed by atoms with Crippen molar-refractivity contribution in [1.29, 1.82) is 0 Å². The standard InChI is InChI=1S/C20H24F3N3O2/c1-13(2)12-16(27)24-19(20(21,22)23)18(28)26(15-10-6-7-11-15)17(25-19)14-8-4-3-5-9-14/h3-5,8-9,13,15H,6-7,10-12H2,1-2H3,(H,24,27)/t19-/m1/s1. The van der Waals surface area contributed by atoms with Gasteiger partial charge >= 0.3 is 11.8 Å². The Morgan fingerprint density at radius 3 is 2.39 bits per heavy atom. The zero-order valence-corrected chi connectivity index (χ0v) is 15.9. The van der Waals surface area contributed by atoms with Crippen LogP contribution < -0.4 is 5.32 Å². The lowest BCUT2D eigenvalue weighted by Gasteiger charge is -2.31. The minimum absolute atomic E-state index is 0.0281. The summed E-state index contributed by atoms with van der Waals surface area (Å²) >= 11 is 0. The van der Waals surface area contributed by atoms with E-state index in [1.54, 1.807) is 44.2 Å². The molecule has 1 fully saturated rings. The fourth-order valence-electron chi connectivity index (χ4n) is 3.78. The lowest BCUT2D eigenvalue weighted by atomic mass is 10.1. The van der Waals surface area contributed by atoms with Crippen LogP contribution in [-0.2, 0) is 9.59 Å². The number of nitrogens with zero attached hydrogens (tertiary/aromatic N) is 2. The van der Waals surface area contributed by atoms with E-state index in [1.807, 2.05) is 5.32 Å². The van der Waals surface area contributed by atoms with E-state index in [0.29, 0.717) is 18.4 Å². The number of rotatable bonds is 5. The molecule has 0 radical (unpaired) electrons. The predicted octanol–water partition coefficient (Wildman–Crippen LogP) is 3.64. The smallest absolute Gasteiger partial charge is 0.316 e. The van der Waals surface area contributed by atoms with Crippen LogP contribution in [0.4, 0.5) is 13.2 Å². The summed E-state index contributed by atoms with van der Waals surface area (Å²) in [5.41, 5.74) is -2.85. The van der Waals surface area contributed by atoms with Crippen LogP contribution >= 0.6 is 0 Å². The molecule has 0 bridgehead atoms. The molecule has 1 saturated carbocycles. The van der Waals surface area contributed by atoms with Gasteiger partial charge in [0, 0.05) is 18.0 Å². The molecular formula is C20H24F3N3O2. The van der Waals surface area contributed by atoms with Crippen LogP contribution in [0.5, 0.6) is 0 Å². The van der Waals surface area contributed by atoms with E-state index in [-0.39, 0.29) is 24.2 Å². The SMILES string of the molecule is CC(C)CC(=O)N[C@@]1(C(F)(F)F)N=C(c2ccccc2)N(C2CCCC2)C1=O. The highest BCUT2D eigenvalue weighted by Crippen LogP contribution is 2.41. The molecule has 3 rings (SSSR count). The van der Waals surface area contributed by atoms with Crippen molar-refractivity contribution in [2.24, 2.45) is 10.9 Å². The Balaban J connectivity index is 2.09. The molecule has 1 aliphatic carbocycles. The van der Waals surface area contributed by atoms with Gasteiger partial charge in [-0.05, 0) is 18.8 Å². The first-order chi connectivity index (χ1) is 13.2. The van der Waals surface area contributed by atoms with Gasteiger partial charge in [-0.3, -0.25) is 14.5 Å². The van der Waals surface area contributed by atoms with E-state index in [9.17, 15) is 22.8 Å². The number of amidine groups is 1. The average Bonchev–Trinajstić information content (AvgIpc) is 3.22. The van der Waals surface area contributed by atoms with Crippen molar-refractivity contribution in [2.45, 2.75) is 63.8 Å². The number of amides is 2. The molecule has 1 atom stereocenters. The summed E-state index contributed by atoms with van der Waals surface area (Å²) in [5.74, 6) is -2.24. The highest BCUT2D eigenvalue weighted by molar-refractivity contribution is 6.16. The van der Waals surface area contributed by atoms with E-state index < -0.39 is 23.7 Å². The van der Waals surface area contributed by atoms with Crippen molar-refractivity contribution in [1.82, 2.24) is 10.2 Å². The van der Waals surface area contributed by atoms with Crippen molar-refractivity contribution >= 4 is 17.6 Å². The molecule has 1 aromatic carbocycles. The molecule has 8 heteroatoms. The van der Waals surface area contributed by atoms with Crippen LogP contribution in [0.25, 0.3) is 0 Å². The molecule has 2 aliphatic rings. The molecule has 2 amide bonds. The summed E-state index contributed by atoms with van der Waals surface area (Å²) in [6.45, 7) is 3.44. The summed E-state index contributed by atoms with van der Waals surface area (Å²) in [7, 11) is 0. The molecule has 1 aromatic rings. The first-order valence-electron chi connectivity index (χ1n) is 9.52. The van der Waals surface area contributed by atoms with Crippen LogP contribution in [0.3, 0.4) is 0 Å². The molecule has 28 heavy (non-hydrogen) atoms. The third kappa shape index (κ3) is 3.64. The van der Waals surface area contributed by atoms with E-state index >= 15 is 0 Å². The summed E-state index contributed by atoms with van der Waals surface area (Å²) in [6, 6.07) is 7.99. The molecule has 1 aliphatic heterocycles. The van der Waals surface area contributed by atoms with Crippen LogP contribution in [0.1, 0.15) is 51.5 Å². The first kappa shape index (κ1) is 20.4. The molecule has 0 spiro atoms. The van der Waals surface area contributed by atoms with Gasteiger partial charge < -0.3 is 5.32 Å². The molecular weight excluding hydrogens is 371 g/mol. The van der Waals surface area contributed by atoms with E-state index in [2.05, 4.69) is 4.99 Å². The number of carbonyl (C=O) groups excluding carboxylic acids is 2. The van der Waals surface area contributed by atoms with Crippen molar-refractivity contribution in [3.8, 4) is 0 Å². The van der Waals surface area contributed by atoms with Gasteiger partial charge in [0.15, 0.2) is 0 Å². The highest BCUT2D eigenvalue weighted by atomic mass is 19.4. The van der Waals surface area contributed by atoms with Crippen molar-refractivity contribution in [2.75, 3.05) is 0 Å². The summed E-state index contributed by atoms with van der Waals surface area (Å²) in [6.07, 6.45) is -2.25. The first-order valence-corrected chi connectivity index (χ1v) is 9.52. The average molecular weight is 395 g/mol. The Morgan fingerprint density at radius 1 is 1.25 bits per heavy atom. The van der Waals surface area contributed by atoms with Crippen LogP contribution in [0.2, 0.25) is 0 Å². The van der Waals surface area contributed by atoms with Crippen LogP contribution in [-0.4, -0.2) is 40.4 Å². The van der Waals surface area contributed by atoms with Gasteiger partial charge in [-0.25, -0.2) is 4.99 Å². The molecule has 1 N–H and O–H groups in total. The fraction of sp³-hybridized carbons (Fsp3) is 0.550. The third-order valence-electron chi connectivity index (χ3n) is 5.08. The van der Waals surface area contributed by atoms with Gasteiger partial charge in [0.25, 0.3) is 5.91 Å². The molecule has 5 nitrogen and oxygen atoms in total. The third-order valence-corrected chi connectivity index (χ3v) is 5.08. The number of hydrogen-bond donors (Lipinski definition) is 1. The number of carbonyl (C=O) groups is 2. The predicted molar refractivity (Wildman–Crippen MR) is 98.5 cm³/mol. The van der Waals surface area contributed by atoms with Crippen molar-refractivity contribution < 1.29 is 22.8 Å². The van der Waals surface area contributed by atoms with Gasteiger partial charge in [-0.1, -0.05) is 57.0 Å². The molecule has 1 heterocycles. The zero-order valence-electron chi connectivity index (χ0n) is 15.9. The highest BCUT2D eigenvalue weighted by Gasteiger charge is 2.67. The van der Waals surface area contributed by atoms with Gasteiger partial charge in [0.2, 0.25) is 5.91 Å².